The molecule has 0 heterocycles. The van der Waals surface area contributed by atoms with Crippen molar-refractivity contribution in [3.05, 3.63) is 64.2 Å². The number of anilines is 1. The predicted octanol–water partition coefficient (Wildman–Crippen LogP) is 3.22. The SMILES string of the molecule is Cc1ccc(C)c(NC(=O)C[NH2+][C@@H](C)c2ccc(Cl)cc2)c1. The Kier molecular flexibility index (Phi) is 5.58. The van der Waals surface area contributed by atoms with Gasteiger partial charge >= 0.3 is 0 Å². The number of carbonyl (C=O) groups is 1. The van der Waals surface area contributed by atoms with Gasteiger partial charge in [0.25, 0.3) is 5.91 Å². The molecule has 0 saturated carbocycles. The molecule has 2 rings (SSSR count). The molecule has 0 aromatic heterocycles. The molecule has 0 aliphatic rings. The van der Waals surface area contributed by atoms with Gasteiger partial charge in [-0.3, -0.25) is 4.79 Å². The van der Waals surface area contributed by atoms with E-state index >= 15 is 0 Å². The molecule has 1 atom stereocenters. The maximum absolute atomic E-state index is 12.1. The zero-order chi connectivity index (χ0) is 16.1. The van der Waals surface area contributed by atoms with Crippen molar-refractivity contribution in [2.75, 3.05) is 11.9 Å². The highest BCUT2D eigenvalue weighted by Crippen LogP contribution is 2.16. The summed E-state index contributed by atoms with van der Waals surface area (Å²) in [6.07, 6.45) is 0. The van der Waals surface area contributed by atoms with Gasteiger partial charge < -0.3 is 10.6 Å². The second-order valence-electron chi connectivity index (χ2n) is 5.65. The lowest BCUT2D eigenvalue weighted by Crippen LogP contribution is -2.86. The van der Waals surface area contributed by atoms with Crippen molar-refractivity contribution in [1.29, 1.82) is 0 Å². The number of nitrogens with one attached hydrogen (secondary N) is 1. The molecular formula is C18H22ClN2O+. The Bertz CT molecular complexity index is 653. The van der Waals surface area contributed by atoms with E-state index in [2.05, 4.69) is 12.2 Å². The summed E-state index contributed by atoms with van der Waals surface area (Å²) < 4.78 is 0. The third kappa shape index (κ3) is 4.58. The first-order valence-electron chi connectivity index (χ1n) is 7.41. The molecule has 4 heteroatoms. The molecule has 0 aliphatic heterocycles. The Hall–Kier alpha value is -1.84. The summed E-state index contributed by atoms with van der Waals surface area (Å²) in [4.78, 5) is 12.1. The van der Waals surface area contributed by atoms with Gasteiger partial charge in [0.2, 0.25) is 0 Å². The maximum Gasteiger partial charge on any atom is 0.279 e. The molecule has 0 fully saturated rings. The van der Waals surface area contributed by atoms with E-state index in [1.54, 1.807) is 0 Å². The lowest BCUT2D eigenvalue weighted by molar-refractivity contribution is -0.682. The summed E-state index contributed by atoms with van der Waals surface area (Å²) in [6, 6.07) is 14.0. The van der Waals surface area contributed by atoms with E-state index in [1.165, 1.54) is 0 Å². The topological polar surface area (TPSA) is 45.7 Å². The fraction of sp³-hybridized carbons (Fsp3) is 0.278. The minimum Gasteiger partial charge on any atom is -0.333 e. The number of benzene rings is 2. The number of hydrogen-bond acceptors (Lipinski definition) is 1. The number of nitrogens with two attached hydrogens (primary N) is 1. The Morgan fingerprint density at radius 2 is 1.86 bits per heavy atom. The van der Waals surface area contributed by atoms with E-state index in [0.717, 1.165) is 27.4 Å². The smallest absolute Gasteiger partial charge is 0.279 e. The standard InChI is InChI=1S/C18H21ClN2O/c1-12-4-5-13(2)17(10-12)21-18(22)11-20-14(3)15-6-8-16(19)9-7-15/h4-10,14,20H,11H2,1-3H3,(H,21,22)/p+1/t14-/m0/s1. The van der Waals surface area contributed by atoms with Crippen LogP contribution < -0.4 is 10.6 Å². The quantitative estimate of drug-likeness (QED) is 0.874. The molecule has 0 radical (unpaired) electrons. The number of aryl methyl sites for hydroxylation is 2. The van der Waals surface area contributed by atoms with Crippen LogP contribution in [0.5, 0.6) is 0 Å². The fourth-order valence-corrected chi connectivity index (χ4v) is 2.38. The molecular weight excluding hydrogens is 296 g/mol. The summed E-state index contributed by atoms with van der Waals surface area (Å²) in [7, 11) is 0. The predicted molar refractivity (Wildman–Crippen MR) is 91.2 cm³/mol. The Labute approximate surface area is 136 Å². The first-order chi connectivity index (χ1) is 10.5. The Balaban J connectivity index is 1.89. The number of rotatable bonds is 5. The molecule has 0 saturated heterocycles. The van der Waals surface area contributed by atoms with Gasteiger partial charge in [0.15, 0.2) is 6.54 Å². The monoisotopic (exact) mass is 317 g/mol. The third-order valence-corrected chi connectivity index (χ3v) is 3.97. The number of amides is 1. The molecule has 1 amide bonds. The van der Waals surface area contributed by atoms with Gasteiger partial charge in [-0.15, -0.1) is 0 Å². The Morgan fingerprint density at radius 1 is 1.18 bits per heavy atom. The van der Waals surface area contributed by atoms with E-state index in [9.17, 15) is 4.79 Å². The van der Waals surface area contributed by atoms with Crippen LogP contribution in [0.25, 0.3) is 0 Å². The van der Waals surface area contributed by atoms with Crippen molar-refractivity contribution in [1.82, 2.24) is 0 Å². The highest BCUT2D eigenvalue weighted by atomic mass is 35.5. The highest BCUT2D eigenvalue weighted by Gasteiger charge is 2.12. The zero-order valence-electron chi connectivity index (χ0n) is 13.2. The lowest BCUT2D eigenvalue weighted by Gasteiger charge is -2.12. The summed E-state index contributed by atoms with van der Waals surface area (Å²) in [5.41, 5.74) is 4.26. The summed E-state index contributed by atoms with van der Waals surface area (Å²) in [5, 5.41) is 5.72. The average molecular weight is 318 g/mol. The minimum absolute atomic E-state index is 0.00881. The summed E-state index contributed by atoms with van der Waals surface area (Å²) in [5.74, 6) is 0.00881. The third-order valence-electron chi connectivity index (χ3n) is 3.72. The van der Waals surface area contributed by atoms with Gasteiger partial charge in [-0.25, -0.2) is 0 Å². The van der Waals surface area contributed by atoms with Crippen molar-refractivity contribution < 1.29 is 10.1 Å². The number of hydrogen-bond donors (Lipinski definition) is 2. The van der Waals surface area contributed by atoms with Gasteiger partial charge in [0.05, 0.1) is 0 Å². The second-order valence-corrected chi connectivity index (χ2v) is 6.08. The molecule has 22 heavy (non-hydrogen) atoms. The molecule has 2 aromatic rings. The van der Waals surface area contributed by atoms with Crippen LogP contribution in [-0.4, -0.2) is 12.5 Å². The van der Waals surface area contributed by atoms with Crippen LogP contribution in [0.3, 0.4) is 0 Å². The molecule has 0 bridgehead atoms. The van der Waals surface area contributed by atoms with Crippen LogP contribution in [0.2, 0.25) is 5.02 Å². The lowest BCUT2D eigenvalue weighted by atomic mass is 10.1. The first-order valence-corrected chi connectivity index (χ1v) is 7.79. The fourth-order valence-electron chi connectivity index (χ4n) is 2.26. The molecule has 2 aromatic carbocycles. The van der Waals surface area contributed by atoms with Crippen molar-refractivity contribution in [2.24, 2.45) is 0 Å². The van der Waals surface area contributed by atoms with E-state index < -0.39 is 0 Å². The van der Waals surface area contributed by atoms with Crippen LogP contribution in [0.15, 0.2) is 42.5 Å². The van der Waals surface area contributed by atoms with E-state index in [-0.39, 0.29) is 11.9 Å². The maximum atomic E-state index is 12.1. The van der Waals surface area contributed by atoms with Crippen LogP contribution >= 0.6 is 11.6 Å². The van der Waals surface area contributed by atoms with Crippen LogP contribution in [0.1, 0.15) is 29.7 Å². The molecule has 3 nitrogen and oxygen atoms in total. The molecule has 0 unspecified atom stereocenters. The van der Waals surface area contributed by atoms with E-state index in [4.69, 9.17) is 11.6 Å². The molecule has 3 N–H and O–H groups in total. The number of carbonyl (C=O) groups excluding carboxylic acids is 1. The van der Waals surface area contributed by atoms with Crippen LogP contribution in [-0.2, 0) is 4.79 Å². The van der Waals surface area contributed by atoms with Crippen LogP contribution in [0.4, 0.5) is 5.69 Å². The van der Waals surface area contributed by atoms with E-state index in [1.807, 2.05) is 61.6 Å². The van der Waals surface area contributed by atoms with Crippen molar-refractivity contribution in [3.8, 4) is 0 Å². The minimum atomic E-state index is 0.00881. The summed E-state index contributed by atoms with van der Waals surface area (Å²) in [6.45, 7) is 6.48. The highest BCUT2D eigenvalue weighted by molar-refractivity contribution is 6.30. The molecule has 0 aliphatic carbocycles. The van der Waals surface area contributed by atoms with Crippen molar-refractivity contribution in [2.45, 2.75) is 26.8 Å². The normalized spacial score (nSPS) is 12.0. The second kappa shape index (κ2) is 7.43. The van der Waals surface area contributed by atoms with Gasteiger partial charge in [-0.1, -0.05) is 35.9 Å². The average Bonchev–Trinajstić information content (AvgIpc) is 2.49. The first kappa shape index (κ1) is 16.5. The zero-order valence-corrected chi connectivity index (χ0v) is 13.9. The molecule has 116 valence electrons. The van der Waals surface area contributed by atoms with Gasteiger partial charge in [-0.2, -0.15) is 0 Å². The number of quaternary nitrogens is 1. The Morgan fingerprint density at radius 3 is 2.55 bits per heavy atom. The van der Waals surface area contributed by atoms with Crippen molar-refractivity contribution >= 4 is 23.2 Å². The van der Waals surface area contributed by atoms with Crippen LogP contribution in [0, 0.1) is 13.8 Å². The van der Waals surface area contributed by atoms with Gasteiger partial charge in [0, 0.05) is 16.3 Å². The number of halogens is 1. The molecule has 0 spiro atoms. The van der Waals surface area contributed by atoms with Gasteiger partial charge in [-0.05, 0) is 50.1 Å². The van der Waals surface area contributed by atoms with Gasteiger partial charge in [0.1, 0.15) is 6.04 Å². The van der Waals surface area contributed by atoms with Crippen molar-refractivity contribution in [3.63, 3.8) is 0 Å². The van der Waals surface area contributed by atoms with E-state index in [0.29, 0.717) is 6.54 Å². The summed E-state index contributed by atoms with van der Waals surface area (Å²) >= 11 is 5.89. The largest absolute Gasteiger partial charge is 0.333 e.